The molecule has 0 amide bonds. The third kappa shape index (κ3) is 2.61. The van der Waals surface area contributed by atoms with Crippen LogP contribution in [0.5, 0.6) is 0 Å². The summed E-state index contributed by atoms with van der Waals surface area (Å²) in [6.07, 6.45) is 13.2. The summed E-state index contributed by atoms with van der Waals surface area (Å²) >= 11 is 0. The molecule has 4 aliphatic carbocycles. The van der Waals surface area contributed by atoms with Crippen molar-refractivity contribution in [2.45, 2.75) is 110 Å². The van der Waals surface area contributed by atoms with Crippen molar-refractivity contribution < 1.29 is 9.84 Å². The molecule has 6 fully saturated rings. The molecule has 3 nitrogen and oxygen atoms in total. The van der Waals surface area contributed by atoms with Gasteiger partial charge in [0.25, 0.3) is 0 Å². The molecule has 4 unspecified atom stereocenters. The first-order valence-corrected chi connectivity index (χ1v) is 13.4. The van der Waals surface area contributed by atoms with Crippen molar-refractivity contribution in [1.29, 1.82) is 0 Å². The molecule has 12 atom stereocenters. The van der Waals surface area contributed by atoms with Gasteiger partial charge in [-0.05, 0) is 111 Å². The lowest BCUT2D eigenvalue weighted by molar-refractivity contribution is -0.140. The summed E-state index contributed by atoms with van der Waals surface area (Å²) < 4.78 is 7.01. The second-order valence-corrected chi connectivity index (χ2v) is 13.3. The Morgan fingerprint density at radius 1 is 0.867 bits per heavy atom. The lowest BCUT2D eigenvalue weighted by Crippen LogP contribution is -2.57. The van der Waals surface area contributed by atoms with Crippen molar-refractivity contribution in [3.05, 3.63) is 0 Å². The van der Waals surface area contributed by atoms with E-state index in [1.54, 1.807) is 0 Å². The zero-order valence-electron chi connectivity index (χ0n) is 19.8. The fourth-order valence-corrected chi connectivity index (χ4v) is 10.4. The van der Waals surface area contributed by atoms with E-state index >= 15 is 0 Å². The minimum Gasteiger partial charge on any atom is -0.393 e. The number of piperidine rings is 1. The Morgan fingerprint density at radius 2 is 1.67 bits per heavy atom. The highest BCUT2D eigenvalue weighted by atomic mass is 16.5. The first kappa shape index (κ1) is 20.5. The third-order valence-electron chi connectivity index (χ3n) is 12.1. The molecule has 30 heavy (non-hydrogen) atoms. The highest BCUT2D eigenvalue weighted by molar-refractivity contribution is 5.16. The Kier molecular flexibility index (Phi) is 4.58. The van der Waals surface area contributed by atoms with Crippen LogP contribution in [0.15, 0.2) is 0 Å². The molecule has 4 saturated carbocycles. The van der Waals surface area contributed by atoms with Crippen molar-refractivity contribution in [1.82, 2.24) is 5.32 Å². The number of nitrogens with one attached hydrogen (secondary N) is 1. The number of hydrogen-bond donors (Lipinski definition) is 2. The van der Waals surface area contributed by atoms with Gasteiger partial charge in [0.15, 0.2) is 0 Å². The van der Waals surface area contributed by atoms with Crippen LogP contribution in [0.4, 0.5) is 0 Å². The molecule has 2 heterocycles. The number of rotatable bonds is 0. The average Bonchev–Trinajstić information content (AvgIpc) is 3.16. The maximum Gasteiger partial charge on any atom is 0.122 e. The van der Waals surface area contributed by atoms with E-state index < -0.39 is 0 Å². The zero-order chi connectivity index (χ0) is 20.9. The number of aliphatic hydroxyl groups excluding tert-OH is 1. The van der Waals surface area contributed by atoms with Crippen molar-refractivity contribution >= 4 is 0 Å². The summed E-state index contributed by atoms with van der Waals surface area (Å²) in [5.74, 6) is 5.57. The molecule has 0 aromatic rings. The molecule has 6 rings (SSSR count). The molecule has 0 aromatic carbocycles. The van der Waals surface area contributed by atoms with Gasteiger partial charge in [-0.1, -0.05) is 27.7 Å². The first-order chi connectivity index (χ1) is 14.3. The highest BCUT2D eigenvalue weighted by Crippen LogP contribution is 2.71. The fourth-order valence-electron chi connectivity index (χ4n) is 10.4. The zero-order valence-corrected chi connectivity index (χ0v) is 19.8. The standard InChI is InChI=1S/C27H45NO2/c1-16-7-12-27(28-15-16)17(2)24-23(30-27)14-22-20-6-5-18-13-19(29)8-10-25(18,3)21(20)9-11-26(22,24)4/h16-24,28-29H,5-15H2,1-4H3/t16?,17-,18?,19-,20+,21?,22?,23-,24-,25-,26-,27-/m0/s1. The van der Waals surface area contributed by atoms with Gasteiger partial charge in [0.1, 0.15) is 5.72 Å². The lowest BCUT2D eigenvalue weighted by atomic mass is 9.44. The molecule has 1 spiro atoms. The van der Waals surface area contributed by atoms with E-state index in [0.717, 1.165) is 54.9 Å². The van der Waals surface area contributed by atoms with Gasteiger partial charge in [-0.15, -0.1) is 0 Å². The minimum atomic E-state index is -0.0320. The number of hydrogen-bond acceptors (Lipinski definition) is 3. The van der Waals surface area contributed by atoms with Crippen LogP contribution in [-0.2, 0) is 4.74 Å². The normalized spacial score (nSPS) is 62.5. The maximum absolute atomic E-state index is 10.3. The van der Waals surface area contributed by atoms with Crippen LogP contribution in [0.25, 0.3) is 0 Å². The van der Waals surface area contributed by atoms with Gasteiger partial charge in [0.05, 0.1) is 12.2 Å². The number of aliphatic hydroxyl groups is 1. The average molecular weight is 416 g/mol. The molecule has 6 aliphatic rings. The number of ether oxygens (including phenoxy) is 1. The van der Waals surface area contributed by atoms with Crippen molar-refractivity contribution in [3.8, 4) is 0 Å². The van der Waals surface area contributed by atoms with Gasteiger partial charge >= 0.3 is 0 Å². The predicted octanol–water partition coefficient (Wildman–Crippen LogP) is 5.37. The van der Waals surface area contributed by atoms with E-state index in [4.69, 9.17) is 4.74 Å². The summed E-state index contributed by atoms with van der Waals surface area (Å²) in [6.45, 7) is 11.3. The van der Waals surface area contributed by atoms with Gasteiger partial charge in [-0.25, -0.2) is 0 Å². The summed E-state index contributed by atoms with van der Waals surface area (Å²) in [5, 5.41) is 14.2. The second kappa shape index (κ2) is 6.70. The Hall–Kier alpha value is -0.120. The predicted molar refractivity (Wildman–Crippen MR) is 120 cm³/mol. The Morgan fingerprint density at radius 3 is 2.43 bits per heavy atom. The van der Waals surface area contributed by atoms with Gasteiger partial charge in [0, 0.05) is 12.5 Å². The van der Waals surface area contributed by atoms with Crippen LogP contribution >= 0.6 is 0 Å². The highest BCUT2D eigenvalue weighted by Gasteiger charge is 2.68. The maximum atomic E-state index is 10.3. The van der Waals surface area contributed by atoms with E-state index in [1.807, 2.05) is 0 Å². The Balaban J connectivity index is 1.26. The molecule has 170 valence electrons. The van der Waals surface area contributed by atoms with Crippen LogP contribution in [0, 0.1) is 52.3 Å². The molecule has 0 bridgehead atoms. The SMILES string of the molecule is CC1CC[C@]2(NC1)O[C@H]1CC3[C@@H]4CCC5C[C@@H](O)CC[C@]5(C)C4CC[C@]3(C)[C@H]1[C@@H]2C. The summed E-state index contributed by atoms with van der Waals surface area (Å²) in [6, 6.07) is 0. The number of fused-ring (bicyclic) bond motifs is 7. The van der Waals surface area contributed by atoms with E-state index in [0.29, 0.717) is 22.9 Å². The van der Waals surface area contributed by atoms with Crippen LogP contribution < -0.4 is 5.32 Å². The fraction of sp³-hybridized carbons (Fsp3) is 1.00. The third-order valence-corrected chi connectivity index (χ3v) is 12.1. The molecular weight excluding hydrogens is 370 g/mol. The first-order valence-electron chi connectivity index (χ1n) is 13.4. The molecule has 0 radical (unpaired) electrons. The second-order valence-electron chi connectivity index (χ2n) is 13.3. The van der Waals surface area contributed by atoms with Crippen LogP contribution in [0.1, 0.15) is 91.9 Å². The lowest BCUT2D eigenvalue weighted by Gasteiger charge is -2.61. The Labute approximate surface area is 184 Å². The van der Waals surface area contributed by atoms with E-state index in [-0.39, 0.29) is 11.8 Å². The molecule has 0 aromatic heterocycles. The topological polar surface area (TPSA) is 41.5 Å². The largest absolute Gasteiger partial charge is 0.393 e. The molecular formula is C27H45NO2. The summed E-state index contributed by atoms with van der Waals surface area (Å²) in [4.78, 5) is 0. The summed E-state index contributed by atoms with van der Waals surface area (Å²) in [5.41, 5.74) is 0.919. The molecule has 2 saturated heterocycles. The smallest absolute Gasteiger partial charge is 0.122 e. The van der Waals surface area contributed by atoms with E-state index in [9.17, 15) is 5.11 Å². The van der Waals surface area contributed by atoms with Crippen LogP contribution in [-0.4, -0.2) is 29.6 Å². The van der Waals surface area contributed by atoms with E-state index in [1.165, 1.54) is 51.4 Å². The quantitative estimate of drug-likeness (QED) is 0.559. The molecule has 2 aliphatic heterocycles. The van der Waals surface area contributed by atoms with Gasteiger partial charge in [-0.2, -0.15) is 0 Å². The van der Waals surface area contributed by atoms with E-state index in [2.05, 4.69) is 33.0 Å². The van der Waals surface area contributed by atoms with Crippen LogP contribution in [0.3, 0.4) is 0 Å². The Bertz CT molecular complexity index is 686. The molecule has 3 heteroatoms. The van der Waals surface area contributed by atoms with Crippen molar-refractivity contribution in [2.24, 2.45) is 52.3 Å². The minimum absolute atomic E-state index is 0.0319. The van der Waals surface area contributed by atoms with Gasteiger partial charge in [-0.3, -0.25) is 5.32 Å². The molecule has 2 N–H and O–H groups in total. The van der Waals surface area contributed by atoms with Gasteiger partial charge in [0.2, 0.25) is 0 Å². The summed E-state index contributed by atoms with van der Waals surface area (Å²) in [7, 11) is 0. The van der Waals surface area contributed by atoms with Crippen molar-refractivity contribution in [3.63, 3.8) is 0 Å². The van der Waals surface area contributed by atoms with Crippen molar-refractivity contribution in [2.75, 3.05) is 6.54 Å². The van der Waals surface area contributed by atoms with Gasteiger partial charge < -0.3 is 9.84 Å². The van der Waals surface area contributed by atoms with Crippen LogP contribution in [0.2, 0.25) is 0 Å². The monoisotopic (exact) mass is 415 g/mol.